The molecule has 6 rings (SSSR count). The molecule has 1 unspecified atom stereocenters. The number of alkyl halides is 3. The van der Waals surface area contributed by atoms with E-state index >= 15 is 0 Å². The number of fused-ring (bicyclic) bond motifs is 1. The number of benzene rings is 3. The Morgan fingerprint density at radius 2 is 1.68 bits per heavy atom. The first kappa shape index (κ1) is 27.0. The number of aliphatic hydroxyl groups excluding tert-OH is 1. The third-order valence-corrected chi connectivity index (χ3v) is 8.09. The zero-order valence-electron chi connectivity index (χ0n) is 22.1. The summed E-state index contributed by atoms with van der Waals surface area (Å²) in [6.07, 6.45) is -3.13. The van der Waals surface area contributed by atoms with Crippen molar-refractivity contribution in [1.82, 2.24) is 14.9 Å². The number of carbonyl (C=O) groups is 1. The van der Waals surface area contributed by atoms with E-state index in [1.807, 2.05) is 30.3 Å². The summed E-state index contributed by atoms with van der Waals surface area (Å²) in [5, 5.41) is 11.0. The Hall–Kier alpha value is -4.24. The van der Waals surface area contributed by atoms with Gasteiger partial charge in [-0.2, -0.15) is 13.2 Å². The van der Waals surface area contributed by atoms with Crippen LogP contribution in [0.5, 0.6) is 0 Å². The Bertz CT molecular complexity index is 1660. The van der Waals surface area contributed by atoms with Crippen molar-refractivity contribution in [3.63, 3.8) is 0 Å². The van der Waals surface area contributed by atoms with Gasteiger partial charge in [0.1, 0.15) is 5.82 Å². The molecule has 0 radical (unpaired) electrons. The van der Waals surface area contributed by atoms with Crippen molar-refractivity contribution in [3.8, 4) is 11.1 Å². The maximum atomic E-state index is 13.4. The maximum Gasteiger partial charge on any atom is 0.416 e. The molecule has 2 aliphatic rings. The van der Waals surface area contributed by atoms with Gasteiger partial charge in [-0.25, -0.2) is 4.98 Å². The molecule has 41 heavy (non-hydrogen) atoms. The number of hydrogen-bond donors (Lipinski definition) is 2. The topological polar surface area (TPSA) is 86.3 Å². The van der Waals surface area contributed by atoms with Crippen LogP contribution < -0.4 is 5.56 Å². The van der Waals surface area contributed by atoms with Gasteiger partial charge in [0.25, 0.3) is 11.5 Å². The summed E-state index contributed by atoms with van der Waals surface area (Å²) >= 11 is 0. The van der Waals surface area contributed by atoms with Gasteiger partial charge >= 0.3 is 6.18 Å². The van der Waals surface area contributed by atoms with Gasteiger partial charge in [-0.05, 0) is 66.1 Å². The van der Waals surface area contributed by atoms with E-state index in [0.717, 1.165) is 30.5 Å². The van der Waals surface area contributed by atoms with Crippen LogP contribution in [0.15, 0.2) is 83.7 Å². The minimum Gasteiger partial charge on any atom is -0.378 e. The molecular formula is C32H28F3N3O3. The van der Waals surface area contributed by atoms with Gasteiger partial charge in [0.2, 0.25) is 0 Å². The first-order valence-corrected chi connectivity index (χ1v) is 13.6. The normalized spacial score (nSPS) is 16.9. The molecule has 4 aromatic rings. The summed E-state index contributed by atoms with van der Waals surface area (Å²) in [6, 6.07) is 21.2. The lowest BCUT2D eigenvalue weighted by Gasteiger charge is -2.24. The molecule has 210 valence electrons. The molecular weight excluding hydrogens is 531 g/mol. The summed E-state index contributed by atoms with van der Waals surface area (Å²) in [5.41, 5.74) is 1.86. The maximum absolute atomic E-state index is 13.4. The van der Waals surface area contributed by atoms with Crippen LogP contribution >= 0.6 is 0 Å². The molecule has 1 aliphatic carbocycles. The fourth-order valence-corrected chi connectivity index (χ4v) is 5.66. The number of aliphatic hydroxyl groups is 1. The number of hydrogen-bond acceptors (Lipinski definition) is 4. The summed E-state index contributed by atoms with van der Waals surface area (Å²) in [5.74, 6) is 0.0733. The Kier molecular flexibility index (Phi) is 6.77. The second-order valence-corrected chi connectivity index (χ2v) is 10.8. The minimum atomic E-state index is -4.49. The SMILES string of the molecule is O=C(C(O)c1cccc(-c2cccc(C(F)(F)F)c2)c1)N1CCCc2nc(C3(c4ccccc4)CC3)[nH]c(=O)c2C1. The van der Waals surface area contributed by atoms with Crippen molar-refractivity contribution in [2.75, 3.05) is 6.54 Å². The highest BCUT2D eigenvalue weighted by atomic mass is 19.4. The average Bonchev–Trinajstić information content (AvgIpc) is 3.81. The van der Waals surface area contributed by atoms with E-state index < -0.39 is 23.8 Å². The largest absolute Gasteiger partial charge is 0.416 e. The van der Waals surface area contributed by atoms with E-state index in [2.05, 4.69) is 4.98 Å². The van der Waals surface area contributed by atoms with Crippen LogP contribution in [0.25, 0.3) is 11.1 Å². The molecule has 0 spiro atoms. The molecule has 1 saturated carbocycles. The van der Waals surface area contributed by atoms with E-state index in [4.69, 9.17) is 4.98 Å². The Labute approximate surface area is 234 Å². The number of H-pyrrole nitrogens is 1. The average molecular weight is 560 g/mol. The van der Waals surface area contributed by atoms with Gasteiger partial charge in [-0.15, -0.1) is 0 Å². The first-order chi connectivity index (χ1) is 19.7. The Morgan fingerprint density at radius 1 is 0.976 bits per heavy atom. The predicted molar refractivity (Wildman–Crippen MR) is 147 cm³/mol. The summed E-state index contributed by atoms with van der Waals surface area (Å²) in [7, 11) is 0. The van der Waals surface area contributed by atoms with Crippen LogP contribution in [0.4, 0.5) is 13.2 Å². The van der Waals surface area contributed by atoms with Gasteiger partial charge < -0.3 is 15.0 Å². The van der Waals surface area contributed by atoms with Gasteiger partial charge in [-0.1, -0.05) is 60.7 Å². The number of aromatic nitrogens is 2. The molecule has 2 N–H and O–H groups in total. The molecule has 3 aromatic carbocycles. The zero-order valence-corrected chi connectivity index (χ0v) is 22.1. The summed E-state index contributed by atoms with van der Waals surface area (Å²) < 4.78 is 39.6. The van der Waals surface area contributed by atoms with Crippen LogP contribution in [0.2, 0.25) is 0 Å². The first-order valence-electron chi connectivity index (χ1n) is 13.6. The number of halogens is 3. The van der Waals surface area contributed by atoms with E-state index in [-0.39, 0.29) is 23.1 Å². The standard InChI is InChI=1S/C32H28F3N3O3/c33-32(34,35)24-12-5-8-21(18-24)20-7-4-9-22(17-20)27(39)29(41)38-16-6-13-26-25(19-38)28(40)37-30(36-26)31(14-15-31)23-10-2-1-3-11-23/h1-5,7-12,17-18,27,39H,6,13-16,19H2,(H,36,37,40). The Balaban J connectivity index is 1.24. The van der Waals surface area contributed by atoms with E-state index in [1.165, 1.54) is 17.0 Å². The molecule has 1 aliphatic heterocycles. The second-order valence-electron chi connectivity index (χ2n) is 10.8. The highest BCUT2D eigenvalue weighted by molar-refractivity contribution is 5.83. The molecule has 0 saturated heterocycles. The smallest absolute Gasteiger partial charge is 0.378 e. The van der Waals surface area contributed by atoms with Gasteiger partial charge in [0, 0.05) is 6.54 Å². The van der Waals surface area contributed by atoms with Crippen molar-refractivity contribution in [3.05, 3.63) is 123 Å². The summed E-state index contributed by atoms with van der Waals surface area (Å²) in [6.45, 7) is 0.345. The summed E-state index contributed by atoms with van der Waals surface area (Å²) in [4.78, 5) is 36.0. The number of aryl methyl sites for hydroxylation is 1. The van der Waals surface area contributed by atoms with Crippen LogP contribution in [0, 0.1) is 0 Å². The number of nitrogens with zero attached hydrogens (tertiary/aromatic N) is 2. The number of carbonyl (C=O) groups excluding carboxylic acids is 1. The van der Waals surface area contributed by atoms with Crippen LogP contribution in [0.3, 0.4) is 0 Å². The van der Waals surface area contributed by atoms with E-state index in [1.54, 1.807) is 24.3 Å². The van der Waals surface area contributed by atoms with E-state index in [0.29, 0.717) is 47.6 Å². The van der Waals surface area contributed by atoms with Crippen molar-refractivity contribution < 1.29 is 23.1 Å². The van der Waals surface area contributed by atoms with Crippen LogP contribution in [-0.2, 0) is 29.4 Å². The third kappa shape index (κ3) is 5.17. The lowest BCUT2D eigenvalue weighted by atomic mass is 9.94. The van der Waals surface area contributed by atoms with Crippen LogP contribution in [-0.4, -0.2) is 32.4 Å². The fourth-order valence-electron chi connectivity index (χ4n) is 5.66. The highest BCUT2D eigenvalue weighted by Crippen LogP contribution is 2.52. The molecule has 0 bridgehead atoms. The second kappa shape index (κ2) is 10.3. The molecule has 1 fully saturated rings. The van der Waals surface area contributed by atoms with Gasteiger partial charge in [0.05, 0.1) is 28.8 Å². The highest BCUT2D eigenvalue weighted by Gasteiger charge is 2.48. The lowest BCUT2D eigenvalue weighted by molar-refractivity contribution is -0.141. The van der Waals surface area contributed by atoms with Gasteiger partial charge in [0.15, 0.2) is 6.10 Å². The monoisotopic (exact) mass is 559 g/mol. The zero-order chi connectivity index (χ0) is 28.8. The minimum absolute atomic E-state index is 0.0134. The molecule has 1 atom stereocenters. The van der Waals surface area contributed by atoms with Gasteiger partial charge in [-0.3, -0.25) is 9.59 Å². The van der Waals surface area contributed by atoms with Crippen LogP contribution in [0.1, 0.15) is 59.1 Å². The molecule has 1 amide bonds. The fraction of sp³-hybridized carbons (Fsp3) is 0.281. The van der Waals surface area contributed by atoms with Crippen molar-refractivity contribution >= 4 is 5.91 Å². The Morgan fingerprint density at radius 3 is 2.39 bits per heavy atom. The molecule has 6 nitrogen and oxygen atoms in total. The van der Waals surface area contributed by atoms with Crippen molar-refractivity contribution in [2.45, 2.75) is 49.9 Å². The third-order valence-electron chi connectivity index (χ3n) is 8.09. The number of aromatic amines is 1. The van der Waals surface area contributed by atoms with E-state index in [9.17, 15) is 27.9 Å². The number of nitrogens with one attached hydrogen (secondary N) is 1. The molecule has 2 heterocycles. The lowest BCUT2D eigenvalue weighted by Crippen LogP contribution is -2.36. The van der Waals surface area contributed by atoms with Crippen molar-refractivity contribution in [2.24, 2.45) is 0 Å². The van der Waals surface area contributed by atoms with Crippen molar-refractivity contribution in [1.29, 1.82) is 0 Å². The number of rotatable bonds is 5. The molecule has 9 heteroatoms. The molecule has 1 aromatic heterocycles. The number of amides is 1. The predicted octanol–water partition coefficient (Wildman–Crippen LogP) is 5.54. The quantitative estimate of drug-likeness (QED) is 0.336.